The smallest absolute Gasteiger partial charge is 0.135 e. The van der Waals surface area contributed by atoms with Crippen LogP contribution in [0.25, 0.3) is 88.1 Å². The predicted molar refractivity (Wildman–Crippen MR) is 188 cm³/mol. The number of nitrogens with zero attached hydrogens (tertiary/aromatic N) is 2. The summed E-state index contributed by atoms with van der Waals surface area (Å²) < 4.78 is 11.0. The van der Waals surface area contributed by atoms with Crippen LogP contribution < -0.4 is 0 Å². The highest BCUT2D eigenvalue weighted by molar-refractivity contribution is 6.11. The molecule has 3 nitrogen and oxygen atoms in total. The summed E-state index contributed by atoms with van der Waals surface area (Å²) in [5.74, 6) is 0. The highest BCUT2D eigenvalue weighted by atomic mass is 16.3. The van der Waals surface area contributed by atoms with Crippen molar-refractivity contribution in [3.8, 4) is 22.5 Å². The summed E-state index contributed by atoms with van der Waals surface area (Å²) in [5, 5.41) is 7.31. The molecular weight excluding hydrogens is 548 g/mol. The Bertz CT molecular complexity index is 2650. The summed E-state index contributed by atoms with van der Waals surface area (Å²) in [4.78, 5) is 0. The van der Waals surface area contributed by atoms with Crippen molar-refractivity contribution in [2.45, 2.75) is 0 Å². The van der Waals surface area contributed by atoms with E-state index in [1.165, 1.54) is 54.7 Å². The van der Waals surface area contributed by atoms with Crippen molar-refractivity contribution in [2.75, 3.05) is 0 Å². The molecule has 0 spiro atoms. The molecule has 10 rings (SSSR count). The van der Waals surface area contributed by atoms with Gasteiger partial charge in [-0.05, 0) is 77.9 Å². The summed E-state index contributed by atoms with van der Waals surface area (Å²) in [6.07, 6.45) is 0. The second kappa shape index (κ2) is 9.22. The van der Waals surface area contributed by atoms with Crippen molar-refractivity contribution in [3.05, 3.63) is 158 Å². The highest BCUT2D eigenvalue weighted by Crippen LogP contribution is 2.37. The van der Waals surface area contributed by atoms with Crippen LogP contribution in [0.1, 0.15) is 0 Å². The Balaban J connectivity index is 1.10. The number of hydrogen-bond donors (Lipinski definition) is 0. The zero-order valence-electron chi connectivity index (χ0n) is 24.3. The van der Waals surface area contributed by atoms with Crippen LogP contribution in [0.15, 0.2) is 162 Å². The topological polar surface area (TPSA) is 23.0 Å². The van der Waals surface area contributed by atoms with Crippen molar-refractivity contribution < 1.29 is 4.42 Å². The molecule has 0 saturated heterocycles. The molecule has 3 heteroatoms. The average Bonchev–Trinajstić information content (AvgIpc) is 3.75. The van der Waals surface area contributed by atoms with E-state index >= 15 is 0 Å². The van der Waals surface area contributed by atoms with Gasteiger partial charge in [-0.2, -0.15) is 0 Å². The number of benzene rings is 7. The lowest BCUT2D eigenvalue weighted by atomic mass is 10.0. The lowest BCUT2D eigenvalue weighted by Gasteiger charge is -2.09. The van der Waals surface area contributed by atoms with Crippen LogP contribution in [-0.2, 0) is 0 Å². The lowest BCUT2D eigenvalue weighted by molar-refractivity contribution is 0.669. The van der Waals surface area contributed by atoms with Crippen molar-refractivity contribution in [2.24, 2.45) is 0 Å². The minimum Gasteiger partial charge on any atom is -0.456 e. The zero-order valence-corrected chi connectivity index (χ0v) is 24.3. The van der Waals surface area contributed by atoms with E-state index in [1.54, 1.807) is 0 Å². The first-order chi connectivity index (χ1) is 22.3. The van der Waals surface area contributed by atoms with Gasteiger partial charge in [0, 0.05) is 43.7 Å². The molecule has 7 aromatic carbocycles. The minimum atomic E-state index is 0.897. The van der Waals surface area contributed by atoms with Gasteiger partial charge >= 0.3 is 0 Å². The van der Waals surface area contributed by atoms with E-state index < -0.39 is 0 Å². The fourth-order valence-electron chi connectivity index (χ4n) is 7.29. The molecule has 0 amide bonds. The number of aromatic nitrogens is 2. The van der Waals surface area contributed by atoms with E-state index in [2.05, 4.69) is 167 Å². The molecule has 210 valence electrons. The lowest BCUT2D eigenvalue weighted by Crippen LogP contribution is -1.93. The minimum absolute atomic E-state index is 0.897. The van der Waals surface area contributed by atoms with Crippen LogP contribution in [0, 0.1) is 0 Å². The van der Waals surface area contributed by atoms with E-state index in [0.29, 0.717) is 0 Å². The third kappa shape index (κ3) is 3.52. The Hall–Kier alpha value is -6.06. The summed E-state index contributed by atoms with van der Waals surface area (Å²) in [5.41, 5.74) is 11.3. The van der Waals surface area contributed by atoms with Gasteiger partial charge in [-0.1, -0.05) is 91.0 Å². The summed E-state index contributed by atoms with van der Waals surface area (Å²) in [6, 6.07) is 56.5. The van der Waals surface area contributed by atoms with Crippen LogP contribution in [0.3, 0.4) is 0 Å². The van der Waals surface area contributed by atoms with E-state index in [0.717, 1.165) is 33.3 Å². The number of fused-ring (bicyclic) bond motifs is 9. The third-order valence-electron chi connectivity index (χ3n) is 9.33. The quantitative estimate of drug-likeness (QED) is 0.206. The fraction of sp³-hybridized carbons (Fsp3) is 0. The number of furan rings is 1. The Morgan fingerprint density at radius 1 is 0.311 bits per heavy atom. The number of rotatable bonds is 3. The number of hydrogen-bond acceptors (Lipinski definition) is 1. The van der Waals surface area contributed by atoms with Crippen molar-refractivity contribution in [3.63, 3.8) is 0 Å². The van der Waals surface area contributed by atoms with Gasteiger partial charge < -0.3 is 13.6 Å². The Morgan fingerprint density at radius 2 is 0.711 bits per heavy atom. The van der Waals surface area contributed by atoms with Gasteiger partial charge in [-0.25, -0.2) is 0 Å². The van der Waals surface area contributed by atoms with Crippen LogP contribution in [-0.4, -0.2) is 9.13 Å². The van der Waals surface area contributed by atoms with E-state index in [-0.39, 0.29) is 0 Å². The van der Waals surface area contributed by atoms with Crippen molar-refractivity contribution >= 4 is 65.6 Å². The fourth-order valence-corrected chi connectivity index (χ4v) is 7.29. The highest BCUT2D eigenvalue weighted by Gasteiger charge is 2.15. The molecule has 0 radical (unpaired) electrons. The third-order valence-corrected chi connectivity index (χ3v) is 9.33. The molecule has 0 bridgehead atoms. The summed E-state index contributed by atoms with van der Waals surface area (Å²) in [7, 11) is 0. The molecule has 0 N–H and O–H groups in total. The SMILES string of the molecule is c1ccc2c(c1)c1ccccc1n2-c1ccc(-c2ccc3oc4ccc(-n5c6ccccc6c6ccccc65)cc4c3c2)cc1. The van der Waals surface area contributed by atoms with Gasteiger partial charge in [0.05, 0.1) is 22.1 Å². The molecule has 0 fully saturated rings. The molecule has 3 heterocycles. The van der Waals surface area contributed by atoms with Gasteiger partial charge in [-0.15, -0.1) is 0 Å². The van der Waals surface area contributed by atoms with E-state index in [9.17, 15) is 0 Å². The van der Waals surface area contributed by atoms with Gasteiger partial charge in [0.15, 0.2) is 0 Å². The molecular formula is C42H26N2O. The van der Waals surface area contributed by atoms with Gasteiger partial charge in [0.2, 0.25) is 0 Å². The predicted octanol–water partition coefficient (Wildman–Crippen LogP) is 11.4. The normalized spacial score (nSPS) is 12.0. The van der Waals surface area contributed by atoms with Crippen LogP contribution in [0.5, 0.6) is 0 Å². The molecule has 45 heavy (non-hydrogen) atoms. The van der Waals surface area contributed by atoms with Crippen molar-refractivity contribution in [1.82, 2.24) is 9.13 Å². The summed E-state index contributed by atoms with van der Waals surface area (Å²) in [6.45, 7) is 0. The van der Waals surface area contributed by atoms with E-state index in [1.807, 2.05) is 0 Å². The largest absolute Gasteiger partial charge is 0.456 e. The zero-order chi connectivity index (χ0) is 29.5. The molecule has 10 aromatic rings. The second-order valence-electron chi connectivity index (χ2n) is 11.8. The maximum Gasteiger partial charge on any atom is 0.135 e. The maximum absolute atomic E-state index is 6.33. The van der Waals surface area contributed by atoms with Crippen LogP contribution in [0.4, 0.5) is 0 Å². The maximum atomic E-state index is 6.33. The van der Waals surface area contributed by atoms with Gasteiger partial charge in [0.1, 0.15) is 11.2 Å². The van der Waals surface area contributed by atoms with E-state index in [4.69, 9.17) is 4.42 Å². The Morgan fingerprint density at radius 3 is 1.24 bits per heavy atom. The molecule has 0 atom stereocenters. The van der Waals surface area contributed by atoms with Crippen molar-refractivity contribution in [1.29, 1.82) is 0 Å². The first-order valence-corrected chi connectivity index (χ1v) is 15.4. The van der Waals surface area contributed by atoms with Gasteiger partial charge in [-0.3, -0.25) is 0 Å². The molecule has 0 aliphatic rings. The molecule has 0 unspecified atom stereocenters. The van der Waals surface area contributed by atoms with Crippen LogP contribution in [0.2, 0.25) is 0 Å². The Labute approximate surface area is 258 Å². The Kier molecular flexibility index (Phi) is 5.00. The molecule has 0 aliphatic heterocycles. The average molecular weight is 575 g/mol. The molecule has 3 aromatic heterocycles. The molecule has 0 aliphatic carbocycles. The second-order valence-corrected chi connectivity index (χ2v) is 11.8. The first kappa shape index (κ1) is 24.4. The van der Waals surface area contributed by atoms with Gasteiger partial charge in [0.25, 0.3) is 0 Å². The first-order valence-electron chi connectivity index (χ1n) is 15.4. The molecule has 0 saturated carbocycles. The monoisotopic (exact) mass is 574 g/mol. The summed E-state index contributed by atoms with van der Waals surface area (Å²) >= 11 is 0. The number of para-hydroxylation sites is 4. The van der Waals surface area contributed by atoms with Crippen LogP contribution >= 0.6 is 0 Å². The standard InChI is InChI=1S/C42H26N2O/c1-5-13-37-31(9-1)32-10-2-6-14-38(32)43(37)29-20-17-27(18-21-29)28-19-23-41-35(25-28)36-26-30(22-24-42(36)45-41)44-39-15-7-3-11-33(39)34-12-4-8-16-40(34)44/h1-26H.